The lowest BCUT2D eigenvalue weighted by Crippen LogP contribution is -2.73. The standard InChI is InChI=1S/C22H27N7O2.ClH/c1-13(2)29-22(8-5-4-6-9-22)27-20(30)17-14(3)11-16(21(31)28(17)29)26-19-15-7-10-23-18(15)24-12-25-19;/h7,10-13H,4-6,8-9H2,1-3H3,(H,27,30)(H2,23,24,25,26);1H. The number of carbonyl (C=O) groups is 1. The van der Waals surface area contributed by atoms with Crippen molar-refractivity contribution in [1.82, 2.24) is 24.9 Å². The van der Waals surface area contributed by atoms with Gasteiger partial charge in [-0.1, -0.05) is 6.42 Å². The fraction of sp³-hybridized carbons (Fsp3) is 0.455. The molecule has 0 radical (unpaired) electrons. The number of carbonyl (C=O) groups excluding carboxylic acids is 1. The highest BCUT2D eigenvalue weighted by Crippen LogP contribution is 2.35. The third kappa shape index (κ3) is 3.31. The number of hydrogen-bond acceptors (Lipinski definition) is 6. The molecule has 0 unspecified atom stereocenters. The summed E-state index contributed by atoms with van der Waals surface area (Å²) in [6.07, 6.45) is 8.09. The second-order valence-electron chi connectivity index (χ2n) is 8.78. The molecule has 0 bridgehead atoms. The van der Waals surface area contributed by atoms with E-state index in [1.54, 1.807) is 16.9 Å². The van der Waals surface area contributed by atoms with Crippen molar-refractivity contribution < 1.29 is 4.79 Å². The number of pyridine rings is 1. The molecule has 0 atom stereocenters. The zero-order valence-electron chi connectivity index (χ0n) is 18.4. The second-order valence-corrected chi connectivity index (χ2v) is 8.78. The van der Waals surface area contributed by atoms with Gasteiger partial charge in [-0.05, 0) is 64.2 Å². The van der Waals surface area contributed by atoms with Crippen LogP contribution >= 0.6 is 12.4 Å². The van der Waals surface area contributed by atoms with E-state index < -0.39 is 5.66 Å². The van der Waals surface area contributed by atoms with Crippen LogP contribution in [-0.4, -0.2) is 37.2 Å². The normalized spacial score (nSPS) is 17.2. The number of H-pyrrole nitrogens is 1. The van der Waals surface area contributed by atoms with Crippen molar-refractivity contribution in [3.05, 3.63) is 46.3 Å². The minimum absolute atomic E-state index is 0. The summed E-state index contributed by atoms with van der Waals surface area (Å²) in [6.45, 7) is 5.99. The Bertz CT molecular complexity index is 1230. The van der Waals surface area contributed by atoms with E-state index in [2.05, 4.69) is 44.4 Å². The third-order valence-corrected chi connectivity index (χ3v) is 6.36. The summed E-state index contributed by atoms with van der Waals surface area (Å²) in [7, 11) is 0. The quantitative estimate of drug-likeness (QED) is 0.556. The van der Waals surface area contributed by atoms with E-state index >= 15 is 0 Å². The van der Waals surface area contributed by atoms with Gasteiger partial charge in [-0.2, -0.15) is 0 Å². The highest BCUT2D eigenvalue weighted by molar-refractivity contribution is 5.96. The first kappa shape index (κ1) is 22.1. The van der Waals surface area contributed by atoms with Crippen LogP contribution in [-0.2, 0) is 0 Å². The minimum atomic E-state index is -0.534. The van der Waals surface area contributed by atoms with Gasteiger partial charge in [0.15, 0.2) is 0 Å². The van der Waals surface area contributed by atoms with Crippen LogP contribution in [0, 0.1) is 6.92 Å². The summed E-state index contributed by atoms with van der Waals surface area (Å²) < 4.78 is 1.60. The first-order chi connectivity index (χ1) is 14.9. The number of nitrogens with one attached hydrogen (secondary N) is 3. The summed E-state index contributed by atoms with van der Waals surface area (Å²) in [5.41, 5.74) is 1.42. The van der Waals surface area contributed by atoms with Gasteiger partial charge in [-0.15, -0.1) is 12.4 Å². The molecule has 0 saturated heterocycles. The average Bonchev–Trinajstić information content (AvgIpc) is 3.21. The summed E-state index contributed by atoms with van der Waals surface area (Å²) in [5, 5.41) is 9.33. The van der Waals surface area contributed by atoms with E-state index in [0.717, 1.165) is 43.1 Å². The van der Waals surface area contributed by atoms with Gasteiger partial charge in [0.1, 0.15) is 34.8 Å². The maximum absolute atomic E-state index is 13.8. The summed E-state index contributed by atoms with van der Waals surface area (Å²) in [4.78, 5) is 38.5. The van der Waals surface area contributed by atoms with Crippen molar-refractivity contribution in [2.24, 2.45) is 0 Å². The molecule has 5 rings (SSSR count). The number of aromatic amines is 1. The number of anilines is 2. The SMILES string of the molecule is Cc1cc(Nc2ncnc3[nH]ccc23)c(=O)n2c1C(=O)NC1(CCCCC1)N2C(C)C.Cl. The number of halogens is 1. The molecule has 3 N–H and O–H groups in total. The Labute approximate surface area is 192 Å². The number of amides is 1. The topological polar surface area (TPSA) is 108 Å². The van der Waals surface area contributed by atoms with Gasteiger partial charge >= 0.3 is 0 Å². The Balaban J connectivity index is 0.00000245. The molecule has 1 saturated carbocycles. The van der Waals surface area contributed by atoms with Crippen molar-refractivity contribution in [1.29, 1.82) is 0 Å². The highest BCUT2D eigenvalue weighted by Gasteiger charge is 2.47. The minimum Gasteiger partial charge on any atom is -0.346 e. The van der Waals surface area contributed by atoms with Crippen molar-refractivity contribution in [2.45, 2.75) is 64.6 Å². The molecular formula is C22H28ClN7O2. The van der Waals surface area contributed by atoms with Gasteiger partial charge in [0.2, 0.25) is 0 Å². The zero-order valence-corrected chi connectivity index (χ0v) is 19.3. The number of fused-ring (bicyclic) bond motifs is 2. The summed E-state index contributed by atoms with van der Waals surface area (Å²) >= 11 is 0. The molecule has 32 heavy (non-hydrogen) atoms. The fourth-order valence-electron chi connectivity index (χ4n) is 5.13. The molecule has 1 amide bonds. The number of aryl methyl sites for hydroxylation is 1. The van der Waals surface area contributed by atoms with Crippen molar-refractivity contribution in [2.75, 3.05) is 10.3 Å². The number of hydrogen-bond donors (Lipinski definition) is 3. The molecule has 9 nitrogen and oxygen atoms in total. The molecule has 3 aromatic heterocycles. The van der Waals surface area contributed by atoms with Gasteiger partial charge in [-0.25, -0.2) is 14.6 Å². The Hall–Kier alpha value is -3.07. The maximum Gasteiger partial charge on any atom is 0.293 e. The summed E-state index contributed by atoms with van der Waals surface area (Å²) in [6, 6.07) is 3.62. The van der Waals surface area contributed by atoms with Crippen LogP contribution in [0.5, 0.6) is 0 Å². The molecule has 1 aliphatic carbocycles. The lowest BCUT2D eigenvalue weighted by molar-refractivity contribution is 0.0738. The molecule has 4 heterocycles. The van der Waals surface area contributed by atoms with E-state index in [1.807, 2.05) is 13.0 Å². The monoisotopic (exact) mass is 457 g/mol. The predicted octanol–water partition coefficient (Wildman–Crippen LogP) is 3.34. The van der Waals surface area contributed by atoms with E-state index in [4.69, 9.17) is 0 Å². The molecule has 170 valence electrons. The van der Waals surface area contributed by atoms with Gasteiger partial charge in [0, 0.05) is 12.2 Å². The van der Waals surface area contributed by atoms with E-state index in [-0.39, 0.29) is 29.9 Å². The number of nitrogens with zero attached hydrogens (tertiary/aromatic N) is 4. The molecule has 3 aromatic rings. The van der Waals surface area contributed by atoms with Gasteiger partial charge < -0.3 is 15.6 Å². The third-order valence-electron chi connectivity index (χ3n) is 6.36. The van der Waals surface area contributed by atoms with Gasteiger partial charge in [-0.3, -0.25) is 14.6 Å². The second kappa shape index (κ2) is 8.12. The smallest absolute Gasteiger partial charge is 0.293 e. The molecule has 10 heteroatoms. The van der Waals surface area contributed by atoms with Crippen molar-refractivity contribution >= 4 is 40.9 Å². The van der Waals surface area contributed by atoms with Crippen LogP contribution < -0.4 is 21.2 Å². The van der Waals surface area contributed by atoms with Crippen molar-refractivity contribution in [3.8, 4) is 0 Å². The first-order valence-electron chi connectivity index (χ1n) is 10.9. The Morgan fingerprint density at radius 1 is 1.16 bits per heavy atom. The number of aromatic nitrogens is 4. The van der Waals surface area contributed by atoms with Crippen molar-refractivity contribution in [3.63, 3.8) is 0 Å². The predicted molar refractivity (Wildman–Crippen MR) is 126 cm³/mol. The Morgan fingerprint density at radius 3 is 2.62 bits per heavy atom. The van der Waals surface area contributed by atoms with Crippen LogP contribution in [0.25, 0.3) is 11.0 Å². The molecule has 1 spiro atoms. The van der Waals surface area contributed by atoms with E-state index in [1.165, 1.54) is 6.33 Å². The molecule has 1 fully saturated rings. The Kier molecular flexibility index (Phi) is 5.62. The lowest BCUT2D eigenvalue weighted by Gasteiger charge is -2.53. The number of rotatable bonds is 3. The fourth-order valence-corrected chi connectivity index (χ4v) is 5.13. The van der Waals surface area contributed by atoms with Gasteiger partial charge in [0.05, 0.1) is 5.39 Å². The molecule has 2 aliphatic rings. The molecule has 0 aromatic carbocycles. The van der Waals surface area contributed by atoms with Gasteiger partial charge in [0.25, 0.3) is 11.5 Å². The largest absolute Gasteiger partial charge is 0.346 e. The van der Waals surface area contributed by atoms with Crippen LogP contribution in [0.2, 0.25) is 0 Å². The van der Waals surface area contributed by atoms with E-state index in [9.17, 15) is 9.59 Å². The van der Waals surface area contributed by atoms with Crippen LogP contribution in [0.4, 0.5) is 11.5 Å². The zero-order chi connectivity index (χ0) is 21.8. The average molecular weight is 458 g/mol. The maximum atomic E-state index is 13.8. The molecular weight excluding hydrogens is 430 g/mol. The highest BCUT2D eigenvalue weighted by atomic mass is 35.5. The van der Waals surface area contributed by atoms with Crippen LogP contribution in [0.3, 0.4) is 0 Å². The van der Waals surface area contributed by atoms with E-state index in [0.29, 0.717) is 22.8 Å². The summed E-state index contributed by atoms with van der Waals surface area (Å²) in [5.74, 6) is 0.363. The molecule has 1 aliphatic heterocycles. The lowest BCUT2D eigenvalue weighted by atomic mass is 9.86. The van der Waals surface area contributed by atoms with Crippen LogP contribution in [0.15, 0.2) is 29.5 Å². The van der Waals surface area contributed by atoms with Crippen LogP contribution in [0.1, 0.15) is 62.0 Å². The first-order valence-corrected chi connectivity index (χ1v) is 10.9. The Morgan fingerprint density at radius 2 is 1.91 bits per heavy atom.